The van der Waals surface area contributed by atoms with Gasteiger partial charge in [0.1, 0.15) is 5.75 Å². The lowest BCUT2D eigenvalue weighted by Crippen LogP contribution is -2.44. The van der Waals surface area contributed by atoms with Crippen molar-refractivity contribution < 1.29 is 9.47 Å². The van der Waals surface area contributed by atoms with Crippen molar-refractivity contribution >= 4 is 5.96 Å². The Hall–Kier alpha value is -1.79. The Balaban J connectivity index is 1.72. The zero-order valence-electron chi connectivity index (χ0n) is 15.0. The predicted octanol–water partition coefficient (Wildman–Crippen LogP) is 1.47. The largest absolute Gasteiger partial charge is 0.491 e. The van der Waals surface area contributed by atoms with Crippen molar-refractivity contribution in [2.24, 2.45) is 4.99 Å². The van der Waals surface area contributed by atoms with Gasteiger partial charge in [0.2, 0.25) is 0 Å². The Morgan fingerprint density at radius 2 is 2.08 bits per heavy atom. The lowest BCUT2D eigenvalue weighted by Gasteiger charge is -2.26. The minimum Gasteiger partial charge on any atom is -0.491 e. The molecule has 0 spiro atoms. The van der Waals surface area contributed by atoms with E-state index >= 15 is 0 Å². The highest BCUT2D eigenvalue weighted by Crippen LogP contribution is 2.14. The third-order valence-corrected chi connectivity index (χ3v) is 3.78. The first-order valence-corrected chi connectivity index (χ1v) is 8.67. The van der Waals surface area contributed by atoms with Crippen LogP contribution in [0.1, 0.15) is 19.4 Å². The third-order valence-electron chi connectivity index (χ3n) is 3.78. The SMILES string of the molecule is CN=C(NCCN1CCOCC1)NCc1cccc(OC(C)C)c1. The van der Waals surface area contributed by atoms with Gasteiger partial charge in [0.25, 0.3) is 0 Å². The minimum atomic E-state index is 0.183. The maximum atomic E-state index is 5.73. The Labute approximate surface area is 145 Å². The van der Waals surface area contributed by atoms with Crippen LogP contribution in [0.25, 0.3) is 0 Å². The molecule has 0 aromatic heterocycles. The Morgan fingerprint density at radius 3 is 2.79 bits per heavy atom. The molecule has 24 heavy (non-hydrogen) atoms. The first kappa shape index (κ1) is 18.5. The summed E-state index contributed by atoms with van der Waals surface area (Å²) < 4.78 is 11.1. The van der Waals surface area contributed by atoms with Crippen LogP contribution in [0.3, 0.4) is 0 Å². The summed E-state index contributed by atoms with van der Waals surface area (Å²) in [5.41, 5.74) is 1.17. The molecule has 2 N–H and O–H groups in total. The predicted molar refractivity (Wildman–Crippen MR) is 97.7 cm³/mol. The monoisotopic (exact) mass is 334 g/mol. The van der Waals surface area contributed by atoms with E-state index in [0.717, 1.165) is 51.1 Å². The van der Waals surface area contributed by atoms with Crippen molar-refractivity contribution in [3.8, 4) is 5.75 Å². The topological polar surface area (TPSA) is 58.1 Å². The summed E-state index contributed by atoms with van der Waals surface area (Å²) in [5.74, 6) is 1.72. The number of guanidine groups is 1. The van der Waals surface area contributed by atoms with E-state index in [-0.39, 0.29) is 6.10 Å². The van der Waals surface area contributed by atoms with E-state index in [4.69, 9.17) is 9.47 Å². The summed E-state index contributed by atoms with van der Waals surface area (Å²) >= 11 is 0. The number of hydrogen-bond acceptors (Lipinski definition) is 4. The molecular weight excluding hydrogens is 304 g/mol. The van der Waals surface area contributed by atoms with Gasteiger partial charge in [0.15, 0.2) is 5.96 Å². The second-order valence-corrected chi connectivity index (χ2v) is 6.12. The second kappa shape index (κ2) is 10.2. The van der Waals surface area contributed by atoms with Crippen molar-refractivity contribution in [3.63, 3.8) is 0 Å². The van der Waals surface area contributed by atoms with Gasteiger partial charge in [0.05, 0.1) is 19.3 Å². The van der Waals surface area contributed by atoms with Crippen LogP contribution in [0.2, 0.25) is 0 Å². The molecule has 1 aromatic carbocycles. The number of nitrogens with one attached hydrogen (secondary N) is 2. The number of morpholine rings is 1. The highest BCUT2D eigenvalue weighted by molar-refractivity contribution is 5.79. The molecular formula is C18H30N4O2. The first-order chi connectivity index (χ1) is 11.7. The molecule has 2 rings (SSSR count). The lowest BCUT2D eigenvalue weighted by atomic mass is 10.2. The number of aliphatic imine (C=N–C) groups is 1. The fourth-order valence-corrected chi connectivity index (χ4v) is 2.56. The molecule has 1 saturated heterocycles. The van der Waals surface area contributed by atoms with Gasteiger partial charge in [-0.15, -0.1) is 0 Å². The average Bonchev–Trinajstić information content (AvgIpc) is 2.58. The van der Waals surface area contributed by atoms with E-state index in [1.54, 1.807) is 7.05 Å². The summed E-state index contributed by atoms with van der Waals surface area (Å²) in [6.07, 6.45) is 0.183. The normalized spacial score (nSPS) is 16.2. The number of rotatable bonds is 7. The fourth-order valence-electron chi connectivity index (χ4n) is 2.56. The van der Waals surface area contributed by atoms with Gasteiger partial charge in [-0.2, -0.15) is 0 Å². The smallest absolute Gasteiger partial charge is 0.191 e. The van der Waals surface area contributed by atoms with Gasteiger partial charge >= 0.3 is 0 Å². The van der Waals surface area contributed by atoms with Crippen LogP contribution in [0.15, 0.2) is 29.3 Å². The van der Waals surface area contributed by atoms with Crippen LogP contribution < -0.4 is 15.4 Å². The highest BCUT2D eigenvalue weighted by atomic mass is 16.5. The van der Waals surface area contributed by atoms with Crippen molar-refractivity contribution in [1.82, 2.24) is 15.5 Å². The van der Waals surface area contributed by atoms with Crippen LogP contribution in [0.4, 0.5) is 0 Å². The summed E-state index contributed by atoms with van der Waals surface area (Å²) in [6.45, 7) is 10.3. The van der Waals surface area contributed by atoms with Gasteiger partial charge in [0, 0.05) is 39.8 Å². The molecule has 134 valence electrons. The van der Waals surface area contributed by atoms with Gasteiger partial charge in [-0.3, -0.25) is 9.89 Å². The van der Waals surface area contributed by atoms with E-state index < -0.39 is 0 Å². The van der Waals surface area contributed by atoms with E-state index in [2.05, 4.69) is 32.7 Å². The molecule has 0 atom stereocenters. The zero-order valence-corrected chi connectivity index (χ0v) is 15.0. The highest BCUT2D eigenvalue weighted by Gasteiger charge is 2.09. The number of nitrogens with zero attached hydrogens (tertiary/aromatic N) is 2. The standard InChI is InChI=1S/C18H30N4O2/c1-15(2)24-17-6-4-5-16(13-17)14-21-18(19-3)20-7-8-22-9-11-23-12-10-22/h4-6,13,15H,7-12,14H2,1-3H3,(H2,19,20,21). The van der Waals surface area contributed by atoms with Crippen LogP contribution in [-0.2, 0) is 11.3 Å². The molecule has 0 radical (unpaired) electrons. The van der Waals surface area contributed by atoms with Gasteiger partial charge < -0.3 is 20.1 Å². The molecule has 1 heterocycles. The molecule has 0 aliphatic carbocycles. The fraction of sp³-hybridized carbons (Fsp3) is 0.611. The van der Waals surface area contributed by atoms with Gasteiger partial charge in [-0.1, -0.05) is 12.1 Å². The quantitative estimate of drug-likeness (QED) is 0.584. The van der Waals surface area contributed by atoms with Crippen LogP contribution in [-0.4, -0.2) is 63.4 Å². The minimum absolute atomic E-state index is 0.183. The lowest BCUT2D eigenvalue weighted by molar-refractivity contribution is 0.0389. The molecule has 1 aromatic rings. The van der Waals surface area contributed by atoms with Crippen molar-refractivity contribution in [3.05, 3.63) is 29.8 Å². The summed E-state index contributed by atoms with van der Waals surface area (Å²) in [5, 5.41) is 6.70. The number of hydrogen-bond donors (Lipinski definition) is 2. The molecule has 1 fully saturated rings. The zero-order chi connectivity index (χ0) is 17.2. The molecule has 6 heteroatoms. The third kappa shape index (κ3) is 6.76. The van der Waals surface area contributed by atoms with Crippen LogP contribution in [0, 0.1) is 0 Å². The molecule has 0 saturated carbocycles. The molecule has 0 bridgehead atoms. The van der Waals surface area contributed by atoms with Crippen molar-refractivity contribution in [2.45, 2.75) is 26.5 Å². The first-order valence-electron chi connectivity index (χ1n) is 8.67. The second-order valence-electron chi connectivity index (χ2n) is 6.12. The van der Waals surface area contributed by atoms with E-state index in [0.29, 0.717) is 6.54 Å². The van der Waals surface area contributed by atoms with Crippen molar-refractivity contribution in [2.75, 3.05) is 46.4 Å². The Kier molecular flexibility index (Phi) is 7.85. The molecule has 0 unspecified atom stereocenters. The Morgan fingerprint density at radius 1 is 1.29 bits per heavy atom. The van der Waals surface area contributed by atoms with Gasteiger partial charge in [-0.25, -0.2) is 0 Å². The summed E-state index contributed by atoms with van der Waals surface area (Å²) in [4.78, 5) is 6.68. The van der Waals surface area contributed by atoms with E-state index in [1.165, 1.54) is 5.56 Å². The van der Waals surface area contributed by atoms with Crippen molar-refractivity contribution in [1.29, 1.82) is 0 Å². The van der Waals surface area contributed by atoms with E-state index in [9.17, 15) is 0 Å². The molecule has 1 aliphatic heterocycles. The van der Waals surface area contributed by atoms with Crippen LogP contribution >= 0.6 is 0 Å². The number of benzene rings is 1. The molecule has 1 aliphatic rings. The van der Waals surface area contributed by atoms with E-state index in [1.807, 2.05) is 26.0 Å². The van der Waals surface area contributed by atoms with Gasteiger partial charge in [-0.05, 0) is 31.5 Å². The summed E-state index contributed by atoms with van der Waals surface area (Å²) in [6, 6.07) is 8.15. The molecule has 6 nitrogen and oxygen atoms in total. The van der Waals surface area contributed by atoms with Crippen LogP contribution in [0.5, 0.6) is 5.75 Å². The Bertz CT molecular complexity index is 513. The summed E-state index contributed by atoms with van der Waals surface area (Å²) in [7, 11) is 1.79. The maximum absolute atomic E-state index is 5.73. The molecule has 0 amide bonds. The average molecular weight is 334 g/mol. The maximum Gasteiger partial charge on any atom is 0.191 e. The number of ether oxygens (including phenoxy) is 2.